The van der Waals surface area contributed by atoms with Crippen LogP contribution >= 0.6 is 35.7 Å². The summed E-state index contributed by atoms with van der Waals surface area (Å²) in [6, 6.07) is 0. The van der Waals surface area contributed by atoms with Crippen LogP contribution in [-0.4, -0.2) is 34.2 Å². The second kappa shape index (κ2) is 6.98. The fourth-order valence-corrected chi connectivity index (χ4v) is 4.13. The Morgan fingerprint density at radius 1 is 1.57 bits per heavy atom. The largest absolute Gasteiger partial charge is 0.462 e. The minimum Gasteiger partial charge on any atom is -0.462 e. The molecule has 0 aliphatic carbocycles. The third-order valence-electron chi connectivity index (χ3n) is 3.22. The molecular formula is C14H18N2O2S3. The topological polar surface area (TPSA) is 50.7 Å². The first kappa shape index (κ1) is 16.6. The Labute approximate surface area is 138 Å². The third-order valence-corrected chi connectivity index (χ3v) is 5.54. The van der Waals surface area contributed by atoms with Crippen molar-refractivity contribution in [1.82, 2.24) is 5.32 Å². The van der Waals surface area contributed by atoms with Crippen LogP contribution in [0.5, 0.6) is 0 Å². The maximum atomic E-state index is 12.2. The summed E-state index contributed by atoms with van der Waals surface area (Å²) in [4.78, 5) is 17.4. The van der Waals surface area contributed by atoms with Crippen LogP contribution in [0.15, 0.2) is 27.2 Å². The van der Waals surface area contributed by atoms with Crippen LogP contribution in [0.4, 0.5) is 0 Å². The summed E-state index contributed by atoms with van der Waals surface area (Å²) >= 11 is 8.16. The molecule has 2 rings (SSSR count). The number of rotatable bonds is 3. The van der Waals surface area contributed by atoms with Crippen molar-refractivity contribution in [2.45, 2.75) is 26.1 Å². The Kier molecular flexibility index (Phi) is 5.51. The van der Waals surface area contributed by atoms with E-state index in [0.29, 0.717) is 15.8 Å². The third kappa shape index (κ3) is 3.52. The lowest BCUT2D eigenvalue weighted by molar-refractivity contribution is -0.137. The minimum absolute atomic E-state index is 0.0124. The van der Waals surface area contributed by atoms with Crippen LogP contribution in [0.25, 0.3) is 0 Å². The molecule has 0 saturated heterocycles. The average molecular weight is 343 g/mol. The first-order chi connectivity index (χ1) is 9.97. The number of esters is 1. The number of hydrogen-bond donors (Lipinski definition) is 1. The van der Waals surface area contributed by atoms with E-state index in [4.69, 9.17) is 17.0 Å². The number of hydrogen-bond acceptors (Lipinski definition) is 6. The highest BCUT2D eigenvalue weighted by atomic mass is 32.2. The van der Waals surface area contributed by atoms with Gasteiger partial charge in [-0.2, -0.15) is 0 Å². The van der Waals surface area contributed by atoms with Gasteiger partial charge in [0.1, 0.15) is 14.6 Å². The highest BCUT2D eigenvalue weighted by Crippen LogP contribution is 2.47. The fraction of sp³-hybridized carbons (Fsp3) is 0.500. The molecule has 2 heterocycles. The molecule has 2 unspecified atom stereocenters. The van der Waals surface area contributed by atoms with Crippen molar-refractivity contribution in [3.05, 3.63) is 22.3 Å². The lowest BCUT2D eigenvalue weighted by Gasteiger charge is -2.24. The Morgan fingerprint density at radius 2 is 2.29 bits per heavy atom. The molecule has 1 N–H and O–H groups in total. The van der Waals surface area contributed by atoms with Crippen LogP contribution in [0.2, 0.25) is 0 Å². The second-order valence-electron chi connectivity index (χ2n) is 4.72. The summed E-state index contributed by atoms with van der Waals surface area (Å²) < 4.78 is 5.81. The molecule has 0 bridgehead atoms. The molecule has 2 aliphatic rings. The van der Waals surface area contributed by atoms with Crippen molar-refractivity contribution in [2.75, 3.05) is 12.9 Å². The van der Waals surface area contributed by atoms with E-state index in [9.17, 15) is 4.79 Å². The lowest BCUT2D eigenvalue weighted by atomic mass is 9.93. The molecule has 21 heavy (non-hydrogen) atoms. The highest BCUT2D eigenvalue weighted by molar-refractivity contribution is 8.22. The quantitative estimate of drug-likeness (QED) is 0.628. The van der Waals surface area contributed by atoms with Crippen LogP contribution in [0.1, 0.15) is 20.8 Å². The Bertz CT molecular complexity index is 567. The number of carbonyl (C=O) groups is 1. The van der Waals surface area contributed by atoms with Crippen LogP contribution in [0.3, 0.4) is 0 Å². The zero-order valence-electron chi connectivity index (χ0n) is 12.4. The number of dihydropyridines is 1. The number of thiocarbonyl (C=S) groups is 1. The van der Waals surface area contributed by atoms with Crippen LogP contribution in [-0.2, 0) is 9.53 Å². The van der Waals surface area contributed by atoms with E-state index >= 15 is 0 Å². The van der Waals surface area contributed by atoms with E-state index in [0.717, 1.165) is 11.4 Å². The van der Waals surface area contributed by atoms with Gasteiger partial charge in [0.25, 0.3) is 0 Å². The van der Waals surface area contributed by atoms with Crippen LogP contribution < -0.4 is 5.32 Å². The molecule has 0 aromatic heterocycles. The molecule has 0 radical (unpaired) electrons. The normalized spacial score (nSPS) is 24.2. The van der Waals surface area contributed by atoms with Crippen molar-refractivity contribution in [3.8, 4) is 0 Å². The monoisotopic (exact) mass is 342 g/mol. The maximum Gasteiger partial charge on any atom is 0.346 e. The minimum atomic E-state index is -0.302. The average Bonchev–Trinajstić information content (AvgIpc) is 2.77. The lowest BCUT2D eigenvalue weighted by Crippen LogP contribution is -2.29. The summed E-state index contributed by atoms with van der Waals surface area (Å²) in [6.45, 7) is 6.20. The van der Waals surface area contributed by atoms with Gasteiger partial charge in [-0.15, -0.1) is 11.8 Å². The van der Waals surface area contributed by atoms with Gasteiger partial charge in [-0.3, -0.25) is 4.99 Å². The standard InChI is InChI=1S/C14H18N2O2S3/c1-5-18-13(17)11-10(16-14(19)20-4)9-7(2)6-8(3)15-12(9)21-11/h6,9,12H,5H2,1-4H3,(H,16,19). The van der Waals surface area contributed by atoms with E-state index in [2.05, 4.69) is 23.3 Å². The van der Waals surface area contributed by atoms with E-state index < -0.39 is 0 Å². The van der Waals surface area contributed by atoms with Crippen LogP contribution in [0, 0.1) is 5.92 Å². The zero-order chi connectivity index (χ0) is 15.6. The summed E-state index contributed by atoms with van der Waals surface area (Å²) in [5.74, 6) is -0.243. The van der Waals surface area contributed by atoms with Gasteiger partial charge in [0, 0.05) is 11.4 Å². The smallest absolute Gasteiger partial charge is 0.346 e. The first-order valence-corrected chi connectivity index (χ1v) is 9.14. The van der Waals surface area contributed by atoms with Gasteiger partial charge in [0.05, 0.1) is 12.5 Å². The van der Waals surface area contributed by atoms with Gasteiger partial charge < -0.3 is 10.1 Å². The van der Waals surface area contributed by atoms with Gasteiger partial charge >= 0.3 is 5.97 Å². The van der Waals surface area contributed by atoms with Gasteiger partial charge in [-0.1, -0.05) is 29.6 Å². The molecule has 2 aliphatic heterocycles. The van der Waals surface area contributed by atoms with Gasteiger partial charge in [0.2, 0.25) is 0 Å². The number of aliphatic imine (C=N–C) groups is 1. The number of nitrogens with one attached hydrogen (secondary N) is 1. The fourth-order valence-electron chi connectivity index (χ4n) is 2.40. The Morgan fingerprint density at radius 3 is 2.90 bits per heavy atom. The van der Waals surface area contributed by atoms with E-state index in [1.165, 1.54) is 29.1 Å². The molecule has 0 amide bonds. The Balaban J connectivity index is 2.38. The molecule has 0 spiro atoms. The molecule has 4 nitrogen and oxygen atoms in total. The first-order valence-electron chi connectivity index (χ1n) is 6.63. The van der Waals surface area contributed by atoms with E-state index in [1.807, 2.05) is 13.2 Å². The number of thioether (sulfide) groups is 2. The molecule has 2 atom stereocenters. The molecule has 0 fully saturated rings. The maximum absolute atomic E-state index is 12.2. The van der Waals surface area contributed by atoms with Crippen molar-refractivity contribution in [1.29, 1.82) is 0 Å². The number of carbonyl (C=O) groups excluding carboxylic acids is 1. The van der Waals surface area contributed by atoms with Crippen molar-refractivity contribution >= 4 is 51.7 Å². The van der Waals surface area contributed by atoms with E-state index in [1.54, 1.807) is 6.92 Å². The van der Waals surface area contributed by atoms with Crippen molar-refractivity contribution < 1.29 is 9.53 Å². The molecular weight excluding hydrogens is 324 g/mol. The summed E-state index contributed by atoms with van der Waals surface area (Å²) in [6.07, 6.45) is 3.96. The molecule has 7 heteroatoms. The predicted molar refractivity (Wildman–Crippen MR) is 94.6 cm³/mol. The number of ether oxygens (including phenoxy) is 1. The molecule has 0 aromatic carbocycles. The SMILES string of the molecule is CCOC(=O)C1=C(NC(=S)SC)C2C(C)=CC(C)=NC2S1. The highest BCUT2D eigenvalue weighted by Gasteiger charge is 2.41. The molecule has 0 aromatic rings. The summed E-state index contributed by atoms with van der Waals surface area (Å²) in [5.41, 5.74) is 3.00. The van der Waals surface area contributed by atoms with E-state index in [-0.39, 0.29) is 17.3 Å². The molecule has 114 valence electrons. The van der Waals surface area contributed by atoms with Gasteiger partial charge in [-0.25, -0.2) is 4.79 Å². The number of fused-ring (bicyclic) bond motifs is 1. The summed E-state index contributed by atoms with van der Waals surface area (Å²) in [5, 5.41) is 3.19. The zero-order valence-corrected chi connectivity index (χ0v) is 14.9. The van der Waals surface area contributed by atoms with Crippen molar-refractivity contribution in [3.63, 3.8) is 0 Å². The predicted octanol–water partition coefficient (Wildman–Crippen LogP) is 3.11. The number of allylic oxidation sites excluding steroid dienone is 1. The molecule has 0 saturated carbocycles. The Hall–Kier alpha value is -0.790. The second-order valence-corrected chi connectivity index (χ2v) is 7.33. The van der Waals surface area contributed by atoms with Crippen molar-refractivity contribution in [2.24, 2.45) is 10.9 Å². The summed E-state index contributed by atoms with van der Waals surface area (Å²) in [7, 11) is 0. The van der Waals surface area contributed by atoms with Gasteiger partial charge in [0.15, 0.2) is 0 Å². The number of nitrogens with zero attached hydrogens (tertiary/aromatic N) is 1. The van der Waals surface area contributed by atoms with Gasteiger partial charge in [-0.05, 0) is 33.1 Å².